The summed E-state index contributed by atoms with van der Waals surface area (Å²) < 4.78 is 5.33. The highest BCUT2D eigenvalue weighted by molar-refractivity contribution is 5.92. The number of nitrogens with one attached hydrogen (secondary N) is 1. The van der Waals surface area contributed by atoms with Crippen LogP contribution in [0.3, 0.4) is 0 Å². The molecule has 1 fully saturated rings. The maximum Gasteiger partial charge on any atom is 0.317 e. The van der Waals surface area contributed by atoms with Crippen LogP contribution in [0.15, 0.2) is 24.3 Å². The van der Waals surface area contributed by atoms with Gasteiger partial charge in [0.05, 0.1) is 19.7 Å². The number of hydrogen-bond donors (Lipinski definition) is 2. The smallest absolute Gasteiger partial charge is 0.317 e. The molecule has 0 unspecified atom stereocenters. The molecular weight excluding hydrogens is 272 g/mol. The third kappa shape index (κ3) is 5.07. The Labute approximate surface area is 123 Å². The van der Waals surface area contributed by atoms with Gasteiger partial charge < -0.3 is 15.2 Å². The lowest BCUT2D eigenvalue weighted by Crippen LogP contribution is -2.38. The molecule has 1 saturated carbocycles. The zero-order chi connectivity index (χ0) is 15.2. The lowest BCUT2D eigenvalue weighted by atomic mass is 10.3. The summed E-state index contributed by atoms with van der Waals surface area (Å²) in [5.74, 6) is -0.357. The summed E-state index contributed by atoms with van der Waals surface area (Å²) in [6.45, 7) is 2.51. The van der Waals surface area contributed by atoms with Gasteiger partial charge in [-0.25, -0.2) is 0 Å². The average molecular weight is 292 g/mol. The molecule has 6 nitrogen and oxygen atoms in total. The van der Waals surface area contributed by atoms with Crippen molar-refractivity contribution in [1.82, 2.24) is 4.90 Å². The second-order valence-corrected chi connectivity index (χ2v) is 5.04. The SMILES string of the molecule is CCOc1ccc(NC(=O)CN(CC(=O)O)C2CC2)cc1. The lowest BCUT2D eigenvalue weighted by molar-refractivity contribution is -0.138. The largest absolute Gasteiger partial charge is 0.494 e. The Bertz CT molecular complexity index is 497. The van der Waals surface area contributed by atoms with Crippen LogP contribution in [0, 0.1) is 0 Å². The molecule has 0 aliphatic heterocycles. The van der Waals surface area contributed by atoms with Crippen LogP contribution in [-0.2, 0) is 9.59 Å². The molecule has 0 radical (unpaired) electrons. The molecule has 1 aliphatic rings. The Morgan fingerprint density at radius 1 is 1.29 bits per heavy atom. The topological polar surface area (TPSA) is 78.9 Å². The van der Waals surface area contributed by atoms with Crippen LogP contribution in [0.25, 0.3) is 0 Å². The van der Waals surface area contributed by atoms with Crippen molar-refractivity contribution in [3.8, 4) is 5.75 Å². The number of ether oxygens (including phenoxy) is 1. The Balaban J connectivity index is 1.86. The fourth-order valence-corrected chi connectivity index (χ4v) is 2.11. The molecule has 0 saturated heterocycles. The number of carbonyl (C=O) groups is 2. The van der Waals surface area contributed by atoms with Gasteiger partial charge in [0.1, 0.15) is 5.75 Å². The van der Waals surface area contributed by atoms with E-state index in [0.717, 1.165) is 18.6 Å². The summed E-state index contributed by atoms with van der Waals surface area (Å²) in [6, 6.07) is 7.33. The molecule has 1 aromatic rings. The van der Waals surface area contributed by atoms with Crippen LogP contribution in [0.4, 0.5) is 5.69 Å². The molecular formula is C15H20N2O4. The molecule has 0 atom stereocenters. The van der Waals surface area contributed by atoms with Crippen LogP contribution in [0.1, 0.15) is 19.8 Å². The monoisotopic (exact) mass is 292 g/mol. The van der Waals surface area contributed by atoms with E-state index < -0.39 is 5.97 Å². The van der Waals surface area contributed by atoms with Crippen molar-refractivity contribution in [2.45, 2.75) is 25.8 Å². The average Bonchev–Trinajstić information content (AvgIpc) is 3.24. The van der Waals surface area contributed by atoms with Gasteiger partial charge in [-0.1, -0.05) is 0 Å². The van der Waals surface area contributed by atoms with Crippen molar-refractivity contribution in [3.63, 3.8) is 0 Å². The van der Waals surface area contributed by atoms with E-state index in [4.69, 9.17) is 9.84 Å². The zero-order valence-electron chi connectivity index (χ0n) is 12.0. The number of aliphatic carboxylic acids is 1. The molecule has 0 spiro atoms. The molecule has 21 heavy (non-hydrogen) atoms. The number of nitrogens with zero attached hydrogens (tertiary/aromatic N) is 1. The first-order valence-electron chi connectivity index (χ1n) is 7.07. The third-order valence-corrected chi connectivity index (χ3v) is 3.20. The first-order valence-corrected chi connectivity index (χ1v) is 7.07. The van der Waals surface area contributed by atoms with Gasteiger partial charge >= 0.3 is 5.97 Å². The summed E-state index contributed by atoms with van der Waals surface area (Å²) in [6.07, 6.45) is 1.92. The molecule has 0 bridgehead atoms. The van der Waals surface area contributed by atoms with Crippen LogP contribution in [0.5, 0.6) is 5.75 Å². The molecule has 1 amide bonds. The predicted octanol–water partition coefficient (Wildman–Crippen LogP) is 1.57. The van der Waals surface area contributed by atoms with E-state index in [1.165, 1.54) is 0 Å². The molecule has 0 aromatic heterocycles. The maximum atomic E-state index is 12.0. The maximum absolute atomic E-state index is 12.0. The molecule has 2 N–H and O–H groups in total. The van der Waals surface area contributed by atoms with Gasteiger partial charge in [0, 0.05) is 11.7 Å². The first kappa shape index (κ1) is 15.3. The van der Waals surface area contributed by atoms with Crippen LogP contribution >= 0.6 is 0 Å². The van der Waals surface area contributed by atoms with E-state index in [0.29, 0.717) is 12.3 Å². The van der Waals surface area contributed by atoms with E-state index in [9.17, 15) is 9.59 Å². The van der Waals surface area contributed by atoms with Gasteiger partial charge in [0.15, 0.2) is 0 Å². The first-order chi connectivity index (χ1) is 10.1. The van der Waals surface area contributed by atoms with Gasteiger partial charge in [0.2, 0.25) is 5.91 Å². The van der Waals surface area contributed by atoms with Gasteiger partial charge in [-0.2, -0.15) is 0 Å². The minimum absolute atomic E-state index is 0.0959. The number of carbonyl (C=O) groups excluding carboxylic acids is 1. The Morgan fingerprint density at radius 3 is 2.48 bits per heavy atom. The van der Waals surface area contributed by atoms with Crippen LogP contribution in [0.2, 0.25) is 0 Å². The van der Waals surface area contributed by atoms with Crippen molar-refractivity contribution in [2.75, 3.05) is 25.0 Å². The fraction of sp³-hybridized carbons (Fsp3) is 0.467. The van der Waals surface area contributed by atoms with Gasteiger partial charge in [0.25, 0.3) is 0 Å². The number of carboxylic acids is 1. The highest BCUT2D eigenvalue weighted by atomic mass is 16.5. The Kier molecular flexibility index (Phi) is 5.16. The van der Waals surface area contributed by atoms with Gasteiger partial charge in [-0.15, -0.1) is 0 Å². The standard InChI is InChI=1S/C15H20N2O4/c1-2-21-13-7-3-11(4-8-13)16-14(18)9-17(10-15(19)20)12-5-6-12/h3-4,7-8,12H,2,5-6,9-10H2,1H3,(H,16,18)(H,19,20). The van der Waals surface area contributed by atoms with Gasteiger partial charge in [-0.3, -0.25) is 14.5 Å². The summed E-state index contributed by atoms with van der Waals surface area (Å²) in [5.41, 5.74) is 0.675. The van der Waals surface area contributed by atoms with Crippen molar-refractivity contribution in [3.05, 3.63) is 24.3 Å². The number of benzene rings is 1. The summed E-state index contributed by atoms with van der Waals surface area (Å²) in [5, 5.41) is 11.6. The summed E-state index contributed by atoms with van der Waals surface area (Å²) >= 11 is 0. The number of rotatable bonds is 8. The van der Waals surface area contributed by atoms with E-state index in [1.54, 1.807) is 29.2 Å². The quantitative estimate of drug-likeness (QED) is 0.760. The second kappa shape index (κ2) is 7.08. The van der Waals surface area contributed by atoms with E-state index in [-0.39, 0.29) is 25.0 Å². The van der Waals surface area contributed by atoms with E-state index in [1.807, 2.05) is 6.92 Å². The normalized spacial score (nSPS) is 14.0. The molecule has 6 heteroatoms. The molecule has 0 heterocycles. The highest BCUT2D eigenvalue weighted by Gasteiger charge is 2.31. The molecule has 114 valence electrons. The fourth-order valence-electron chi connectivity index (χ4n) is 2.11. The minimum atomic E-state index is -0.907. The number of anilines is 1. The zero-order valence-corrected chi connectivity index (χ0v) is 12.0. The molecule has 1 aliphatic carbocycles. The number of amides is 1. The number of hydrogen-bond acceptors (Lipinski definition) is 4. The van der Waals surface area contributed by atoms with E-state index >= 15 is 0 Å². The molecule has 1 aromatic carbocycles. The van der Waals surface area contributed by atoms with E-state index in [2.05, 4.69) is 5.32 Å². The highest BCUT2D eigenvalue weighted by Crippen LogP contribution is 2.26. The van der Waals surface area contributed by atoms with Crippen molar-refractivity contribution >= 4 is 17.6 Å². The van der Waals surface area contributed by atoms with Crippen molar-refractivity contribution in [2.24, 2.45) is 0 Å². The van der Waals surface area contributed by atoms with Gasteiger partial charge in [-0.05, 0) is 44.0 Å². The summed E-state index contributed by atoms with van der Waals surface area (Å²) in [4.78, 5) is 24.5. The minimum Gasteiger partial charge on any atom is -0.494 e. The van der Waals surface area contributed by atoms with Crippen molar-refractivity contribution in [1.29, 1.82) is 0 Å². The lowest BCUT2D eigenvalue weighted by Gasteiger charge is -2.19. The molecule has 2 rings (SSSR count). The number of carboxylic acid groups (broad SMARTS) is 1. The third-order valence-electron chi connectivity index (χ3n) is 3.20. The van der Waals surface area contributed by atoms with Crippen molar-refractivity contribution < 1.29 is 19.4 Å². The summed E-state index contributed by atoms with van der Waals surface area (Å²) in [7, 11) is 0. The Morgan fingerprint density at radius 2 is 1.95 bits per heavy atom. The second-order valence-electron chi connectivity index (χ2n) is 5.04. The Hall–Kier alpha value is -2.08. The van der Waals surface area contributed by atoms with Crippen LogP contribution in [-0.4, -0.2) is 47.6 Å². The predicted molar refractivity (Wildman–Crippen MR) is 78.5 cm³/mol. The van der Waals surface area contributed by atoms with Crippen LogP contribution < -0.4 is 10.1 Å².